The van der Waals surface area contributed by atoms with Crippen molar-refractivity contribution in [2.24, 2.45) is 5.73 Å². The summed E-state index contributed by atoms with van der Waals surface area (Å²) in [5, 5.41) is 1.27. The average Bonchev–Trinajstić information content (AvgIpc) is 2.56. The van der Waals surface area contributed by atoms with Gasteiger partial charge in [-0.2, -0.15) is 0 Å². The first-order valence-electron chi connectivity index (χ1n) is 4.76. The monoisotopic (exact) mass is 210 g/mol. The van der Waals surface area contributed by atoms with Gasteiger partial charge in [-0.3, -0.25) is 0 Å². The zero-order valence-electron chi connectivity index (χ0n) is 7.89. The first kappa shape index (κ1) is 9.73. The summed E-state index contributed by atoms with van der Waals surface area (Å²) < 4.78 is 0. The largest absolute Gasteiger partial charge is 0.381 e. The van der Waals surface area contributed by atoms with Crippen LogP contribution >= 0.6 is 11.8 Å². The molecule has 4 N–H and O–H groups in total. The van der Waals surface area contributed by atoms with Gasteiger partial charge in [0.2, 0.25) is 0 Å². The van der Waals surface area contributed by atoms with E-state index in [4.69, 9.17) is 11.5 Å². The molecule has 1 fully saturated rings. The van der Waals surface area contributed by atoms with Crippen LogP contribution in [0.3, 0.4) is 0 Å². The second-order valence-electron chi connectivity index (χ2n) is 3.50. The molecular formula is C9H14N4S. The molecule has 0 radical (unpaired) electrons. The topological polar surface area (TPSA) is 77.8 Å². The van der Waals surface area contributed by atoms with E-state index in [2.05, 4.69) is 9.97 Å². The van der Waals surface area contributed by atoms with Gasteiger partial charge in [0.15, 0.2) is 5.82 Å². The molecule has 0 amide bonds. The average molecular weight is 210 g/mol. The zero-order chi connectivity index (χ0) is 9.97. The fourth-order valence-electron chi connectivity index (χ4n) is 1.67. The summed E-state index contributed by atoms with van der Waals surface area (Å²) in [6.07, 6.45) is 6.74. The molecule has 5 heteroatoms. The molecule has 0 aromatic carbocycles. The van der Waals surface area contributed by atoms with E-state index < -0.39 is 0 Å². The highest BCUT2D eigenvalue weighted by Gasteiger charge is 2.25. The van der Waals surface area contributed by atoms with E-state index in [9.17, 15) is 0 Å². The number of nitrogens with two attached hydrogens (primary N) is 2. The van der Waals surface area contributed by atoms with Gasteiger partial charge in [0.25, 0.3) is 0 Å². The number of rotatable bonds is 2. The van der Waals surface area contributed by atoms with Crippen LogP contribution in [0.15, 0.2) is 17.4 Å². The summed E-state index contributed by atoms with van der Waals surface area (Å²) in [5.41, 5.74) is 11.7. The van der Waals surface area contributed by atoms with Crippen molar-refractivity contribution in [3.63, 3.8) is 0 Å². The van der Waals surface area contributed by atoms with Crippen molar-refractivity contribution in [3.8, 4) is 0 Å². The third-order valence-corrected chi connectivity index (χ3v) is 3.88. The van der Waals surface area contributed by atoms with Gasteiger partial charge in [-0.15, -0.1) is 0 Å². The molecule has 1 aromatic heterocycles. The second kappa shape index (κ2) is 4.14. The Morgan fingerprint density at radius 2 is 2.07 bits per heavy atom. The summed E-state index contributed by atoms with van der Waals surface area (Å²) in [5.74, 6) is 0.511. The predicted molar refractivity (Wildman–Crippen MR) is 57.9 cm³/mol. The van der Waals surface area contributed by atoms with Gasteiger partial charge in [-0.05, 0) is 12.8 Å². The van der Waals surface area contributed by atoms with E-state index in [0.717, 1.165) is 17.9 Å². The molecular weight excluding hydrogens is 196 g/mol. The number of anilines is 1. The Labute approximate surface area is 87.5 Å². The minimum atomic E-state index is 0.279. The van der Waals surface area contributed by atoms with Crippen LogP contribution < -0.4 is 11.5 Å². The molecule has 2 atom stereocenters. The van der Waals surface area contributed by atoms with Crippen molar-refractivity contribution in [2.75, 3.05) is 5.73 Å². The van der Waals surface area contributed by atoms with E-state index in [-0.39, 0.29) is 6.04 Å². The van der Waals surface area contributed by atoms with Crippen LogP contribution in [-0.4, -0.2) is 21.3 Å². The summed E-state index contributed by atoms with van der Waals surface area (Å²) in [4.78, 5) is 8.20. The Morgan fingerprint density at radius 1 is 1.29 bits per heavy atom. The molecule has 1 aliphatic rings. The first-order valence-corrected chi connectivity index (χ1v) is 5.64. The first-order chi connectivity index (χ1) is 6.77. The van der Waals surface area contributed by atoms with Crippen LogP contribution in [0.25, 0.3) is 0 Å². The van der Waals surface area contributed by atoms with Crippen LogP contribution in [0.2, 0.25) is 0 Å². The number of nitrogens with zero attached hydrogens (tertiary/aromatic N) is 2. The molecule has 1 saturated carbocycles. The standard InChI is InChI=1S/C9H14N4S/c10-6-2-1-3-7(6)14-9-8(11)12-4-5-13-9/h4-7H,1-3,10H2,(H2,11,12). The van der Waals surface area contributed by atoms with Gasteiger partial charge < -0.3 is 11.5 Å². The van der Waals surface area contributed by atoms with Gasteiger partial charge in [0, 0.05) is 23.7 Å². The van der Waals surface area contributed by atoms with E-state index in [1.165, 1.54) is 6.42 Å². The Hall–Kier alpha value is -0.810. The van der Waals surface area contributed by atoms with E-state index >= 15 is 0 Å². The van der Waals surface area contributed by atoms with Gasteiger partial charge in [0.05, 0.1) is 0 Å². The molecule has 14 heavy (non-hydrogen) atoms. The lowest BCUT2D eigenvalue weighted by Crippen LogP contribution is -2.26. The number of aromatic nitrogens is 2. The summed E-state index contributed by atoms with van der Waals surface area (Å²) >= 11 is 1.66. The van der Waals surface area contributed by atoms with Crippen molar-refractivity contribution in [1.29, 1.82) is 0 Å². The van der Waals surface area contributed by atoms with Crippen molar-refractivity contribution in [1.82, 2.24) is 9.97 Å². The fraction of sp³-hybridized carbons (Fsp3) is 0.556. The van der Waals surface area contributed by atoms with Crippen LogP contribution in [0, 0.1) is 0 Å². The van der Waals surface area contributed by atoms with Gasteiger partial charge >= 0.3 is 0 Å². The molecule has 1 aromatic rings. The smallest absolute Gasteiger partial charge is 0.156 e. The number of nitrogen functional groups attached to an aromatic ring is 1. The second-order valence-corrected chi connectivity index (χ2v) is 4.73. The summed E-state index contributed by atoms with van der Waals surface area (Å²) in [6, 6.07) is 0.279. The van der Waals surface area contributed by atoms with Crippen LogP contribution in [-0.2, 0) is 0 Å². The van der Waals surface area contributed by atoms with Crippen LogP contribution in [0.1, 0.15) is 19.3 Å². The lowest BCUT2D eigenvalue weighted by molar-refractivity contribution is 0.715. The normalized spacial score (nSPS) is 26.6. The Kier molecular flexibility index (Phi) is 2.88. The van der Waals surface area contributed by atoms with Crippen LogP contribution in [0.5, 0.6) is 0 Å². The number of hydrogen-bond acceptors (Lipinski definition) is 5. The van der Waals surface area contributed by atoms with Gasteiger partial charge in [0.1, 0.15) is 5.03 Å². The van der Waals surface area contributed by atoms with E-state index in [1.807, 2.05) is 0 Å². The minimum Gasteiger partial charge on any atom is -0.381 e. The SMILES string of the molecule is Nc1nccnc1SC1CCCC1N. The van der Waals surface area contributed by atoms with Crippen molar-refractivity contribution < 1.29 is 0 Å². The highest BCUT2D eigenvalue weighted by atomic mass is 32.2. The highest BCUT2D eigenvalue weighted by Crippen LogP contribution is 2.34. The third kappa shape index (κ3) is 1.99. The molecule has 2 rings (SSSR count). The molecule has 1 aliphatic carbocycles. The highest BCUT2D eigenvalue weighted by molar-refractivity contribution is 8.00. The maximum atomic E-state index is 5.97. The third-order valence-electron chi connectivity index (χ3n) is 2.46. The predicted octanol–water partition coefficient (Wildman–Crippen LogP) is 1.03. The molecule has 2 unspecified atom stereocenters. The van der Waals surface area contributed by atoms with Gasteiger partial charge in [-0.25, -0.2) is 9.97 Å². The summed E-state index contributed by atoms with van der Waals surface area (Å²) in [7, 11) is 0. The van der Waals surface area contributed by atoms with E-state index in [0.29, 0.717) is 11.1 Å². The maximum absolute atomic E-state index is 5.97. The molecule has 0 saturated heterocycles. The Bertz CT molecular complexity index is 317. The fourth-order valence-corrected chi connectivity index (χ4v) is 2.85. The van der Waals surface area contributed by atoms with Crippen molar-refractivity contribution in [2.45, 2.75) is 35.6 Å². The lowest BCUT2D eigenvalue weighted by atomic mass is 10.3. The van der Waals surface area contributed by atoms with Crippen molar-refractivity contribution >= 4 is 17.6 Å². The Morgan fingerprint density at radius 3 is 2.71 bits per heavy atom. The van der Waals surface area contributed by atoms with Crippen LogP contribution in [0.4, 0.5) is 5.82 Å². The number of hydrogen-bond donors (Lipinski definition) is 2. The molecule has 4 nitrogen and oxygen atoms in total. The quantitative estimate of drug-likeness (QED) is 0.762. The summed E-state index contributed by atoms with van der Waals surface area (Å²) in [6.45, 7) is 0. The zero-order valence-corrected chi connectivity index (χ0v) is 8.70. The molecule has 0 spiro atoms. The number of thioether (sulfide) groups is 1. The molecule has 0 aliphatic heterocycles. The molecule has 76 valence electrons. The van der Waals surface area contributed by atoms with Crippen molar-refractivity contribution in [3.05, 3.63) is 12.4 Å². The lowest BCUT2D eigenvalue weighted by Gasteiger charge is -2.14. The van der Waals surface area contributed by atoms with Gasteiger partial charge in [-0.1, -0.05) is 18.2 Å². The molecule has 1 heterocycles. The maximum Gasteiger partial charge on any atom is 0.156 e. The minimum absolute atomic E-state index is 0.279. The molecule has 0 bridgehead atoms. The van der Waals surface area contributed by atoms with E-state index in [1.54, 1.807) is 24.2 Å². The Balaban J connectivity index is 2.07.